The molecule has 0 spiro atoms. The average molecular weight is 288 g/mol. The first-order valence-corrected chi connectivity index (χ1v) is 5.37. The van der Waals surface area contributed by atoms with E-state index in [1.54, 1.807) is 14.1 Å². The fourth-order valence-corrected chi connectivity index (χ4v) is 1.37. The van der Waals surface area contributed by atoms with Gasteiger partial charge in [0.05, 0.1) is 16.1 Å². The highest BCUT2D eigenvalue weighted by Crippen LogP contribution is 2.33. The van der Waals surface area contributed by atoms with E-state index in [1.807, 2.05) is 0 Å². The van der Waals surface area contributed by atoms with Crippen LogP contribution < -0.4 is 0 Å². The quantitative estimate of drug-likeness (QED) is 0.370. The van der Waals surface area contributed by atoms with Crippen LogP contribution in [0.4, 0.5) is 18.9 Å². The lowest BCUT2D eigenvalue weighted by molar-refractivity contribution is -0.385. The molecule has 0 amide bonds. The highest BCUT2D eigenvalue weighted by Gasteiger charge is 2.33. The molecule has 0 fully saturated rings. The van der Waals surface area contributed by atoms with Gasteiger partial charge in [0.25, 0.3) is 5.69 Å². The smallest absolute Gasteiger partial charge is 0.383 e. The Labute approximate surface area is 112 Å². The van der Waals surface area contributed by atoms with Crippen LogP contribution in [0, 0.1) is 10.1 Å². The Balaban J connectivity index is 3.28. The molecular weight excluding hydrogens is 277 g/mol. The van der Waals surface area contributed by atoms with Crippen LogP contribution >= 0.6 is 0 Å². The molecule has 0 aliphatic rings. The number of carbonyl (C=O) groups is 1. The summed E-state index contributed by atoms with van der Waals surface area (Å²) in [6.45, 7) is 0. The number of alkyl halides is 3. The molecule has 0 bridgehead atoms. The van der Waals surface area contributed by atoms with Gasteiger partial charge in [-0.2, -0.15) is 13.2 Å². The van der Waals surface area contributed by atoms with E-state index >= 15 is 0 Å². The number of hydrogen-bond donors (Lipinski definition) is 0. The third-order valence-corrected chi connectivity index (χ3v) is 2.31. The summed E-state index contributed by atoms with van der Waals surface area (Å²) < 4.78 is 37.5. The number of rotatable bonds is 4. The van der Waals surface area contributed by atoms with Crippen LogP contribution in [-0.4, -0.2) is 29.7 Å². The predicted octanol–water partition coefficient (Wildman–Crippen LogP) is 2.87. The lowest BCUT2D eigenvalue weighted by Crippen LogP contribution is -2.09. The summed E-state index contributed by atoms with van der Waals surface area (Å²) in [6.07, 6.45) is -2.30. The number of benzene rings is 1. The molecule has 0 unspecified atom stereocenters. The number of nitro benzene ring substituents is 1. The van der Waals surface area contributed by atoms with E-state index in [1.165, 1.54) is 11.1 Å². The molecule has 1 aromatic carbocycles. The molecule has 8 heteroatoms. The van der Waals surface area contributed by atoms with Gasteiger partial charge in [-0.3, -0.25) is 14.9 Å². The first-order chi connectivity index (χ1) is 9.12. The number of ketones is 1. The number of carbonyl (C=O) groups excluding carboxylic acids is 1. The van der Waals surface area contributed by atoms with Crippen molar-refractivity contribution >= 4 is 11.5 Å². The molecule has 0 radical (unpaired) electrons. The Morgan fingerprint density at radius 1 is 1.35 bits per heavy atom. The summed E-state index contributed by atoms with van der Waals surface area (Å²) in [5.41, 5.74) is -2.42. The second-order valence-electron chi connectivity index (χ2n) is 4.13. The number of allylic oxidation sites excluding steroid dienone is 1. The Bertz CT molecular complexity index is 566. The third kappa shape index (κ3) is 3.81. The maximum absolute atomic E-state index is 12.5. The average Bonchev–Trinajstić information content (AvgIpc) is 2.33. The molecule has 0 saturated carbocycles. The second kappa shape index (κ2) is 5.72. The summed E-state index contributed by atoms with van der Waals surface area (Å²) in [7, 11) is 3.26. The van der Waals surface area contributed by atoms with Crippen molar-refractivity contribution in [2.24, 2.45) is 0 Å². The van der Waals surface area contributed by atoms with Gasteiger partial charge >= 0.3 is 6.18 Å². The first kappa shape index (κ1) is 15.7. The highest BCUT2D eigenvalue weighted by atomic mass is 19.4. The molecule has 5 nitrogen and oxygen atoms in total. The van der Waals surface area contributed by atoms with Gasteiger partial charge in [-0.05, 0) is 12.1 Å². The summed E-state index contributed by atoms with van der Waals surface area (Å²) in [5.74, 6) is -0.737. The van der Waals surface area contributed by atoms with Crippen molar-refractivity contribution in [2.45, 2.75) is 6.18 Å². The molecular formula is C12H11F3N2O3. The first-order valence-electron chi connectivity index (χ1n) is 5.37. The van der Waals surface area contributed by atoms with Gasteiger partial charge in [0.15, 0.2) is 5.78 Å². The van der Waals surface area contributed by atoms with Crippen molar-refractivity contribution in [1.82, 2.24) is 4.90 Å². The van der Waals surface area contributed by atoms with Crippen LogP contribution in [0.15, 0.2) is 30.5 Å². The van der Waals surface area contributed by atoms with Crippen molar-refractivity contribution in [3.63, 3.8) is 0 Å². The SMILES string of the molecule is CN(C)/C=C/C(=O)c1ccc(C(F)(F)F)cc1[N+](=O)[O-]. The molecule has 0 N–H and O–H groups in total. The summed E-state index contributed by atoms with van der Waals surface area (Å²) in [4.78, 5) is 23.0. The number of halogens is 3. The van der Waals surface area contributed by atoms with E-state index in [-0.39, 0.29) is 5.56 Å². The molecule has 1 aromatic rings. The monoisotopic (exact) mass is 288 g/mol. The molecule has 1 rings (SSSR count). The number of nitrogens with zero attached hydrogens (tertiary/aromatic N) is 2. The van der Waals surface area contributed by atoms with Crippen molar-refractivity contribution < 1.29 is 22.9 Å². The number of nitro groups is 1. The van der Waals surface area contributed by atoms with E-state index in [0.29, 0.717) is 12.1 Å². The highest BCUT2D eigenvalue weighted by molar-refractivity contribution is 6.07. The second-order valence-corrected chi connectivity index (χ2v) is 4.13. The van der Waals surface area contributed by atoms with Crippen molar-refractivity contribution in [1.29, 1.82) is 0 Å². The van der Waals surface area contributed by atoms with Crippen LogP contribution in [-0.2, 0) is 6.18 Å². The van der Waals surface area contributed by atoms with Crippen molar-refractivity contribution in [3.8, 4) is 0 Å². The van der Waals surface area contributed by atoms with E-state index in [9.17, 15) is 28.1 Å². The minimum atomic E-state index is -4.70. The van der Waals surface area contributed by atoms with E-state index in [0.717, 1.165) is 12.1 Å². The number of hydrogen-bond acceptors (Lipinski definition) is 4. The topological polar surface area (TPSA) is 63.5 Å². The van der Waals surface area contributed by atoms with E-state index in [4.69, 9.17) is 0 Å². The predicted molar refractivity (Wildman–Crippen MR) is 65.3 cm³/mol. The molecule has 0 saturated heterocycles. The molecule has 108 valence electrons. The van der Waals surface area contributed by atoms with Crippen LogP contribution in [0.25, 0.3) is 0 Å². The van der Waals surface area contributed by atoms with E-state index in [2.05, 4.69) is 0 Å². The molecule has 0 aliphatic carbocycles. The van der Waals surface area contributed by atoms with Gasteiger partial charge in [-0.15, -0.1) is 0 Å². The zero-order valence-electron chi connectivity index (χ0n) is 10.6. The van der Waals surface area contributed by atoms with Crippen LogP contribution in [0.2, 0.25) is 0 Å². The normalized spacial score (nSPS) is 11.7. The Hall–Kier alpha value is -2.38. The molecule has 20 heavy (non-hydrogen) atoms. The molecule has 0 aromatic heterocycles. The van der Waals surface area contributed by atoms with E-state index < -0.39 is 28.1 Å². The Kier molecular flexibility index (Phi) is 4.49. The van der Waals surface area contributed by atoms with Gasteiger partial charge in [0, 0.05) is 32.4 Å². The fourth-order valence-electron chi connectivity index (χ4n) is 1.37. The maximum atomic E-state index is 12.5. The van der Waals surface area contributed by atoms with Gasteiger partial charge in [0.1, 0.15) is 0 Å². The zero-order valence-corrected chi connectivity index (χ0v) is 10.6. The third-order valence-electron chi connectivity index (χ3n) is 2.31. The van der Waals surface area contributed by atoms with Crippen LogP contribution in [0.3, 0.4) is 0 Å². The minimum Gasteiger partial charge on any atom is -0.383 e. The van der Waals surface area contributed by atoms with Gasteiger partial charge in [-0.1, -0.05) is 0 Å². The van der Waals surface area contributed by atoms with Crippen molar-refractivity contribution in [2.75, 3.05) is 14.1 Å². The van der Waals surface area contributed by atoms with Crippen molar-refractivity contribution in [3.05, 3.63) is 51.7 Å². The summed E-state index contributed by atoms with van der Waals surface area (Å²) >= 11 is 0. The lowest BCUT2D eigenvalue weighted by Gasteiger charge is -2.08. The van der Waals surface area contributed by atoms with Crippen LogP contribution in [0.1, 0.15) is 15.9 Å². The minimum absolute atomic E-state index is 0.358. The van der Waals surface area contributed by atoms with Gasteiger partial charge < -0.3 is 4.90 Å². The van der Waals surface area contributed by atoms with Gasteiger partial charge in [-0.25, -0.2) is 0 Å². The summed E-state index contributed by atoms with van der Waals surface area (Å²) in [5, 5.41) is 10.8. The molecule has 0 aliphatic heterocycles. The maximum Gasteiger partial charge on any atom is 0.416 e. The molecule has 0 atom stereocenters. The summed E-state index contributed by atoms with van der Waals surface area (Å²) in [6, 6.07) is 1.81. The largest absolute Gasteiger partial charge is 0.416 e. The standard InChI is InChI=1S/C12H11F3N2O3/c1-16(2)6-5-11(18)9-4-3-8(12(13,14)15)7-10(9)17(19)20/h3-7H,1-2H3/b6-5+. The Morgan fingerprint density at radius 3 is 2.40 bits per heavy atom. The van der Waals surface area contributed by atoms with Crippen LogP contribution in [0.5, 0.6) is 0 Å². The van der Waals surface area contributed by atoms with Gasteiger partial charge in [0.2, 0.25) is 0 Å². The lowest BCUT2D eigenvalue weighted by atomic mass is 10.0. The fraction of sp³-hybridized carbons (Fsp3) is 0.250. The Morgan fingerprint density at radius 2 is 1.95 bits per heavy atom. The molecule has 0 heterocycles. The zero-order chi connectivity index (χ0) is 15.5.